The minimum Gasteiger partial charge on any atom is -0.496 e. The first-order valence-corrected chi connectivity index (χ1v) is 12.7. The maximum atomic E-state index is 13.8. The second kappa shape index (κ2) is 10.8. The molecule has 0 unspecified atom stereocenters. The standard InChI is InChI=1S/C32H28N4O3/c1-20(2)25-18-26(21(3)17-30(25)38-4)31-35-28-12-8-7-11-24(28)32(37)36(31)34-19-27-23-10-6-5-9-22(23)13-14-29(27)39-16-15-33/h5-14,17-20H,16H2,1-4H3. The van der Waals surface area contributed by atoms with Crippen LogP contribution in [0.25, 0.3) is 33.1 Å². The van der Waals surface area contributed by atoms with Gasteiger partial charge in [0.25, 0.3) is 5.56 Å². The van der Waals surface area contributed by atoms with Gasteiger partial charge in [0.1, 0.15) is 17.6 Å². The Hall–Kier alpha value is -4.96. The first kappa shape index (κ1) is 25.7. The number of ether oxygens (including phenoxy) is 2. The average molecular weight is 517 g/mol. The highest BCUT2D eigenvalue weighted by atomic mass is 16.5. The van der Waals surface area contributed by atoms with E-state index in [1.807, 2.05) is 79.7 Å². The minimum absolute atomic E-state index is 0.106. The summed E-state index contributed by atoms with van der Waals surface area (Å²) in [6.07, 6.45) is 1.61. The Labute approximate surface area is 226 Å². The number of aromatic nitrogens is 2. The van der Waals surface area contributed by atoms with Crippen molar-refractivity contribution in [3.63, 3.8) is 0 Å². The lowest BCUT2D eigenvalue weighted by Crippen LogP contribution is -2.21. The van der Waals surface area contributed by atoms with E-state index < -0.39 is 0 Å². The molecular weight excluding hydrogens is 488 g/mol. The zero-order chi connectivity index (χ0) is 27.5. The summed E-state index contributed by atoms with van der Waals surface area (Å²) in [5.41, 5.74) is 3.69. The predicted molar refractivity (Wildman–Crippen MR) is 155 cm³/mol. The third-order valence-corrected chi connectivity index (χ3v) is 6.72. The van der Waals surface area contributed by atoms with Crippen LogP contribution in [0, 0.1) is 18.3 Å². The maximum absolute atomic E-state index is 13.8. The molecule has 7 nitrogen and oxygen atoms in total. The van der Waals surface area contributed by atoms with E-state index in [-0.39, 0.29) is 18.1 Å². The molecule has 0 atom stereocenters. The minimum atomic E-state index is -0.284. The Balaban J connectivity index is 1.78. The van der Waals surface area contributed by atoms with E-state index in [1.54, 1.807) is 19.4 Å². The van der Waals surface area contributed by atoms with Crippen LogP contribution in [0.3, 0.4) is 0 Å². The highest BCUT2D eigenvalue weighted by Crippen LogP contribution is 2.34. The Morgan fingerprint density at radius 1 is 1.03 bits per heavy atom. The summed E-state index contributed by atoms with van der Waals surface area (Å²) in [6.45, 7) is 6.05. The van der Waals surface area contributed by atoms with Crippen LogP contribution >= 0.6 is 0 Å². The van der Waals surface area contributed by atoms with Crippen molar-refractivity contribution in [2.45, 2.75) is 26.7 Å². The average Bonchev–Trinajstić information content (AvgIpc) is 2.95. The zero-order valence-corrected chi connectivity index (χ0v) is 22.3. The molecule has 7 heteroatoms. The van der Waals surface area contributed by atoms with Crippen LogP contribution in [0.4, 0.5) is 0 Å². The van der Waals surface area contributed by atoms with Gasteiger partial charge in [-0.1, -0.05) is 56.3 Å². The number of methoxy groups -OCH3 is 1. The fourth-order valence-electron chi connectivity index (χ4n) is 4.73. The Morgan fingerprint density at radius 3 is 2.51 bits per heavy atom. The van der Waals surface area contributed by atoms with Crippen molar-refractivity contribution < 1.29 is 9.47 Å². The molecule has 39 heavy (non-hydrogen) atoms. The van der Waals surface area contributed by atoms with E-state index in [0.29, 0.717) is 28.0 Å². The molecule has 0 N–H and O–H groups in total. The van der Waals surface area contributed by atoms with Gasteiger partial charge in [0.05, 0.1) is 24.2 Å². The van der Waals surface area contributed by atoms with Crippen molar-refractivity contribution in [3.05, 3.63) is 99.8 Å². The molecule has 0 radical (unpaired) electrons. The van der Waals surface area contributed by atoms with E-state index >= 15 is 0 Å². The van der Waals surface area contributed by atoms with Gasteiger partial charge in [-0.15, -0.1) is 0 Å². The highest BCUT2D eigenvalue weighted by Gasteiger charge is 2.18. The van der Waals surface area contributed by atoms with Gasteiger partial charge in [-0.3, -0.25) is 4.79 Å². The number of aryl methyl sites for hydroxylation is 1. The number of benzene rings is 4. The van der Waals surface area contributed by atoms with Crippen LogP contribution < -0.4 is 15.0 Å². The van der Waals surface area contributed by atoms with Gasteiger partial charge < -0.3 is 9.47 Å². The Kier molecular flexibility index (Phi) is 7.11. The van der Waals surface area contributed by atoms with Gasteiger partial charge in [-0.05, 0) is 65.1 Å². The van der Waals surface area contributed by atoms with Crippen LogP contribution in [0.5, 0.6) is 11.5 Å². The predicted octanol–water partition coefficient (Wildman–Crippen LogP) is 6.44. The first-order valence-electron chi connectivity index (χ1n) is 12.7. The molecule has 194 valence electrons. The largest absolute Gasteiger partial charge is 0.496 e. The lowest BCUT2D eigenvalue weighted by Gasteiger charge is -2.17. The molecule has 4 aromatic carbocycles. The van der Waals surface area contributed by atoms with Crippen LogP contribution in [-0.2, 0) is 0 Å². The fraction of sp³-hybridized carbons (Fsp3) is 0.188. The van der Waals surface area contributed by atoms with E-state index in [2.05, 4.69) is 13.8 Å². The van der Waals surface area contributed by atoms with E-state index in [9.17, 15) is 4.79 Å². The summed E-state index contributed by atoms with van der Waals surface area (Å²) < 4.78 is 12.7. The number of hydrogen-bond acceptors (Lipinski definition) is 6. The number of hydrogen-bond donors (Lipinski definition) is 0. The number of nitrogens with zero attached hydrogens (tertiary/aromatic N) is 4. The lowest BCUT2D eigenvalue weighted by molar-refractivity contribution is 0.368. The molecule has 0 fully saturated rings. The first-order chi connectivity index (χ1) is 18.9. The summed E-state index contributed by atoms with van der Waals surface area (Å²) in [4.78, 5) is 18.7. The molecule has 0 saturated heterocycles. The van der Waals surface area contributed by atoms with Crippen LogP contribution in [0.1, 0.15) is 36.5 Å². The van der Waals surface area contributed by atoms with Crippen LogP contribution in [0.2, 0.25) is 0 Å². The Bertz CT molecular complexity index is 1830. The second-order valence-corrected chi connectivity index (χ2v) is 9.52. The Morgan fingerprint density at radius 2 is 1.77 bits per heavy atom. The number of nitriles is 1. The van der Waals surface area contributed by atoms with Crippen molar-refractivity contribution in [3.8, 4) is 29.0 Å². The van der Waals surface area contributed by atoms with Gasteiger partial charge in [-0.2, -0.15) is 15.0 Å². The fourth-order valence-corrected chi connectivity index (χ4v) is 4.73. The van der Waals surface area contributed by atoms with Crippen molar-refractivity contribution in [1.82, 2.24) is 9.66 Å². The zero-order valence-electron chi connectivity index (χ0n) is 22.3. The third-order valence-electron chi connectivity index (χ3n) is 6.72. The van der Waals surface area contributed by atoms with Crippen LogP contribution in [-0.4, -0.2) is 29.6 Å². The SMILES string of the molecule is COc1cc(C)c(-c2nc3ccccc3c(=O)n2N=Cc2c(OCC#N)ccc3ccccc23)cc1C(C)C. The maximum Gasteiger partial charge on any atom is 0.282 e. The number of rotatable bonds is 7. The molecule has 0 aliphatic rings. The van der Waals surface area contributed by atoms with Gasteiger partial charge in [0.2, 0.25) is 0 Å². The summed E-state index contributed by atoms with van der Waals surface area (Å²) in [6, 6.07) is 24.8. The molecule has 0 amide bonds. The second-order valence-electron chi connectivity index (χ2n) is 9.52. The number of fused-ring (bicyclic) bond motifs is 2. The van der Waals surface area contributed by atoms with Gasteiger partial charge in [0, 0.05) is 11.1 Å². The lowest BCUT2D eigenvalue weighted by atomic mass is 9.96. The van der Waals surface area contributed by atoms with E-state index in [0.717, 1.165) is 33.2 Å². The molecule has 0 bridgehead atoms. The molecular formula is C32H28N4O3. The van der Waals surface area contributed by atoms with E-state index in [4.69, 9.17) is 24.8 Å². The van der Waals surface area contributed by atoms with Gasteiger partial charge in [-0.25, -0.2) is 4.98 Å². The van der Waals surface area contributed by atoms with Crippen molar-refractivity contribution in [2.24, 2.45) is 5.10 Å². The molecule has 0 spiro atoms. The molecule has 5 rings (SSSR count). The van der Waals surface area contributed by atoms with Gasteiger partial charge in [0.15, 0.2) is 12.4 Å². The molecule has 0 aliphatic carbocycles. The van der Waals surface area contributed by atoms with E-state index in [1.165, 1.54) is 4.68 Å². The summed E-state index contributed by atoms with van der Waals surface area (Å²) in [5.74, 6) is 1.92. The molecule has 0 saturated carbocycles. The smallest absolute Gasteiger partial charge is 0.282 e. The molecule has 1 heterocycles. The molecule has 1 aromatic heterocycles. The summed E-state index contributed by atoms with van der Waals surface area (Å²) in [5, 5.41) is 16.1. The highest BCUT2D eigenvalue weighted by molar-refractivity contribution is 6.02. The molecule has 0 aliphatic heterocycles. The number of para-hydroxylation sites is 1. The third kappa shape index (κ3) is 4.85. The van der Waals surface area contributed by atoms with Crippen molar-refractivity contribution in [1.29, 1.82) is 5.26 Å². The normalized spacial score (nSPS) is 11.4. The summed E-state index contributed by atoms with van der Waals surface area (Å²) in [7, 11) is 1.66. The van der Waals surface area contributed by atoms with Gasteiger partial charge >= 0.3 is 0 Å². The quantitative estimate of drug-likeness (QED) is 0.232. The van der Waals surface area contributed by atoms with Crippen molar-refractivity contribution in [2.75, 3.05) is 13.7 Å². The molecule has 5 aromatic rings. The monoisotopic (exact) mass is 516 g/mol. The topological polar surface area (TPSA) is 89.5 Å². The van der Waals surface area contributed by atoms with Crippen LogP contribution in [0.15, 0.2) is 82.7 Å². The van der Waals surface area contributed by atoms with Crippen molar-refractivity contribution >= 4 is 27.9 Å². The summed E-state index contributed by atoms with van der Waals surface area (Å²) >= 11 is 0.